The first-order valence-corrected chi connectivity index (χ1v) is 4.12. The number of hydrogen-bond acceptors (Lipinski definition) is 4. The maximum atomic E-state index is 9.42. The van der Waals surface area contributed by atoms with E-state index < -0.39 is 11.7 Å². The molecule has 0 aliphatic carbocycles. The summed E-state index contributed by atoms with van der Waals surface area (Å²) in [6.07, 6.45) is -0.906. The van der Waals surface area contributed by atoms with E-state index in [1.807, 2.05) is 13.8 Å². The van der Waals surface area contributed by atoms with Crippen LogP contribution in [0.15, 0.2) is 0 Å². The Balaban J connectivity index is 2.47. The van der Waals surface area contributed by atoms with Gasteiger partial charge in [-0.2, -0.15) is 0 Å². The molecule has 0 bridgehead atoms. The SMILES string of the molecule is CC1(C)OCC(O)[C@@H]1OCCO. The maximum absolute atomic E-state index is 9.42. The molecule has 0 radical (unpaired) electrons. The minimum atomic E-state index is -0.577. The lowest BCUT2D eigenvalue weighted by Crippen LogP contribution is -2.40. The fourth-order valence-corrected chi connectivity index (χ4v) is 1.42. The van der Waals surface area contributed by atoms with Gasteiger partial charge in [-0.15, -0.1) is 0 Å². The van der Waals surface area contributed by atoms with E-state index in [2.05, 4.69) is 0 Å². The van der Waals surface area contributed by atoms with Crippen LogP contribution in [0, 0.1) is 0 Å². The van der Waals surface area contributed by atoms with Crippen molar-refractivity contribution in [3.8, 4) is 0 Å². The van der Waals surface area contributed by atoms with E-state index in [-0.39, 0.29) is 19.3 Å². The largest absolute Gasteiger partial charge is 0.394 e. The van der Waals surface area contributed by atoms with Crippen molar-refractivity contribution >= 4 is 0 Å². The first-order chi connectivity index (χ1) is 5.58. The summed E-state index contributed by atoms with van der Waals surface area (Å²) in [5.41, 5.74) is -0.450. The summed E-state index contributed by atoms with van der Waals surface area (Å²) in [7, 11) is 0. The molecule has 0 aromatic rings. The molecule has 1 fully saturated rings. The van der Waals surface area contributed by atoms with Gasteiger partial charge in [0.2, 0.25) is 0 Å². The Labute approximate surface area is 72.1 Å². The van der Waals surface area contributed by atoms with Crippen LogP contribution in [0.1, 0.15) is 13.8 Å². The fraction of sp³-hybridized carbons (Fsp3) is 1.00. The molecule has 0 aromatic heterocycles. The van der Waals surface area contributed by atoms with Gasteiger partial charge >= 0.3 is 0 Å². The molecule has 1 heterocycles. The molecular formula is C8H16O4. The molecular weight excluding hydrogens is 160 g/mol. The minimum Gasteiger partial charge on any atom is -0.394 e. The highest BCUT2D eigenvalue weighted by Crippen LogP contribution is 2.27. The van der Waals surface area contributed by atoms with Crippen molar-refractivity contribution in [1.82, 2.24) is 0 Å². The van der Waals surface area contributed by atoms with Gasteiger partial charge < -0.3 is 19.7 Å². The number of hydrogen-bond donors (Lipinski definition) is 2. The topological polar surface area (TPSA) is 58.9 Å². The Morgan fingerprint density at radius 3 is 2.67 bits per heavy atom. The molecule has 0 aromatic carbocycles. The van der Waals surface area contributed by atoms with Crippen molar-refractivity contribution in [3.63, 3.8) is 0 Å². The Hall–Kier alpha value is -0.160. The fourth-order valence-electron chi connectivity index (χ4n) is 1.42. The highest BCUT2D eigenvalue weighted by atomic mass is 16.6. The van der Waals surface area contributed by atoms with Gasteiger partial charge in [-0.3, -0.25) is 0 Å². The molecule has 0 saturated carbocycles. The predicted octanol–water partition coefficient (Wildman–Crippen LogP) is -0.466. The van der Waals surface area contributed by atoms with Crippen LogP contribution < -0.4 is 0 Å². The molecule has 4 heteroatoms. The molecule has 2 atom stereocenters. The lowest BCUT2D eigenvalue weighted by atomic mass is 10.0. The number of aliphatic hydroxyl groups is 2. The summed E-state index contributed by atoms with van der Waals surface area (Å²) in [5, 5.41) is 18.0. The van der Waals surface area contributed by atoms with Crippen LogP contribution in [0.2, 0.25) is 0 Å². The van der Waals surface area contributed by atoms with Crippen LogP contribution in [0.3, 0.4) is 0 Å². The van der Waals surface area contributed by atoms with Crippen molar-refractivity contribution in [3.05, 3.63) is 0 Å². The summed E-state index contributed by atoms with van der Waals surface area (Å²) in [5.74, 6) is 0. The Bertz CT molecular complexity index is 146. The molecule has 1 rings (SSSR count). The van der Waals surface area contributed by atoms with E-state index in [0.717, 1.165) is 0 Å². The summed E-state index contributed by atoms with van der Waals surface area (Å²) in [6.45, 7) is 4.26. The molecule has 1 unspecified atom stereocenters. The van der Waals surface area contributed by atoms with Gasteiger partial charge in [0, 0.05) is 0 Å². The summed E-state index contributed by atoms with van der Waals surface area (Å²) < 4.78 is 10.6. The maximum Gasteiger partial charge on any atom is 0.114 e. The number of rotatable bonds is 3. The predicted molar refractivity (Wildman–Crippen MR) is 42.9 cm³/mol. The minimum absolute atomic E-state index is 0.0285. The lowest BCUT2D eigenvalue weighted by Gasteiger charge is -2.26. The van der Waals surface area contributed by atoms with E-state index in [0.29, 0.717) is 6.61 Å². The Kier molecular flexibility index (Phi) is 3.06. The van der Waals surface area contributed by atoms with E-state index in [9.17, 15) is 5.11 Å². The molecule has 1 aliphatic heterocycles. The normalized spacial score (nSPS) is 34.0. The van der Waals surface area contributed by atoms with Crippen LogP contribution in [0.5, 0.6) is 0 Å². The smallest absolute Gasteiger partial charge is 0.114 e. The Morgan fingerprint density at radius 1 is 1.58 bits per heavy atom. The second-order valence-electron chi connectivity index (χ2n) is 3.50. The number of aliphatic hydroxyl groups excluding tert-OH is 2. The second kappa shape index (κ2) is 3.70. The van der Waals surface area contributed by atoms with Crippen LogP contribution in [0.25, 0.3) is 0 Å². The molecule has 4 nitrogen and oxygen atoms in total. The third kappa shape index (κ3) is 1.95. The van der Waals surface area contributed by atoms with Crippen LogP contribution in [0.4, 0.5) is 0 Å². The van der Waals surface area contributed by atoms with Crippen molar-refractivity contribution < 1.29 is 19.7 Å². The molecule has 0 spiro atoms. The van der Waals surface area contributed by atoms with Crippen molar-refractivity contribution in [1.29, 1.82) is 0 Å². The zero-order valence-corrected chi connectivity index (χ0v) is 7.49. The van der Waals surface area contributed by atoms with Gasteiger partial charge in [0.05, 0.1) is 25.4 Å². The monoisotopic (exact) mass is 176 g/mol. The molecule has 1 aliphatic rings. The third-order valence-corrected chi connectivity index (χ3v) is 2.05. The van der Waals surface area contributed by atoms with Crippen molar-refractivity contribution in [2.75, 3.05) is 19.8 Å². The average Bonchev–Trinajstić information content (AvgIpc) is 2.24. The summed E-state index contributed by atoms with van der Waals surface area (Å²) >= 11 is 0. The van der Waals surface area contributed by atoms with Crippen molar-refractivity contribution in [2.45, 2.75) is 31.7 Å². The third-order valence-electron chi connectivity index (χ3n) is 2.05. The van der Waals surface area contributed by atoms with Gasteiger partial charge in [-0.1, -0.05) is 0 Å². The highest BCUT2D eigenvalue weighted by Gasteiger charge is 2.43. The van der Waals surface area contributed by atoms with E-state index in [4.69, 9.17) is 14.6 Å². The van der Waals surface area contributed by atoms with E-state index in [1.165, 1.54) is 0 Å². The molecule has 72 valence electrons. The lowest BCUT2D eigenvalue weighted by molar-refractivity contribution is -0.0848. The van der Waals surface area contributed by atoms with E-state index in [1.54, 1.807) is 0 Å². The average molecular weight is 176 g/mol. The second-order valence-corrected chi connectivity index (χ2v) is 3.50. The standard InChI is InChI=1S/C8H16O4/c1-8(2)7(11-4-3-9)6(10)5-12-8/h6-7,9-10H,3-5H2,1-2H3/t6?,7-/m0/s1. The highest BCUT2D eigenvalue weighted by molar-refractivity contribution is 4.92. The van der Waals surface area contributed by atoms with Gasteiger partial charge in [0.25, 0.3) is 0 Å². The molecule has 1 saturated heterocycles. The first-order valence-electron chi connectivity index (χ1n) is 4.12. The zero-order valence-electron chi connectivity index (χ0n) is 7.49. The van der Waals surface area contributed by atoms with Gasteiger partial charge in [-0.05, 0) is 13.8 Å². The quantitative estimate of drug-likeness (QED) is 0.610. The van der Waals surface area contributed by atoms with Crippen LogP contribution in [-0.2, 0) is 9.47 Å². The van der Waals surface area contributed by atoms with E-state index >= 15 is 0 Å². The van der Waals surface area contributed by atoms with Gasteiger partial charge in [-0.25, -0.2) is 0 Å². The summed E-state index contributed by atoms with van der Waals surface area (Å²) in [4.78, 5) is 0. The Morgan fingerprint density at radius 2 is 2.25 bits per heavy atom. The van der Waals surface area contributed by atoms with Crippen LogP contribution >= 0.6 is 0 Å². The summed E-state index contributed by atoms with van der Waals surface area (Å²) in [6, 6.07) is 0. The number of ether oxygens (including phenoxy) is 2. The molecule has 0 amide bonds. The van der Waals surface area contributed by atoms with Crippen LogP contribution in [-0.4, -0.2) is 47.8 Å². The zero-order chi connectivity index (χ0) is 9.19. The molecule has 2 N–H and O–H groups in total. The van der Waals surface area contributed by atoms with Gasteiger partial charge in [0.15, 0.2) is 0 Å². The van der Waals surface area contributed by atoms with Gasteiger partial charge in [0.1, 0.15) is 12.2 Å². The first kappa shape index (κ1) is 9.92. The van der Waals surface area contributed by atoms with Crippen molar-refractivity contribution in [2.24, 2.45) is 0 Å². The molecule has 12 heavy (non-hydrogen) atoms.